The SMILES string of the molecule is Cc1oc(=O)oc1COC(=O)N=C(I)N(I)I. The van der Waals surface area contributed by atoms with E-state index in [4.69, 9.17) is 4.74 Å². The molecular formula is C7H5I3N2O5. The van der Waals surface area contributed by atoms with Crippen LogP contribution >= 0.6 is 68.3 Å². The van der Waals surface area contributed by atoms with Crippen molar-refractivity contribution >= 4 is 78.3 Å². The van der Waals surface area contributed by atoms with Crippen molar-refractivity contribution in [2.45, 2.75) is 13.5 Å². The standard InChI is InChI=1S/C7H5I3N2O5/c1-3-4(17-7(14)16-3)2-15-6(13)11-5(8)12(9)10/h2H2,1H3. The van der Waals surface area contributed by atoms with Crippen molar-refractivity contribution in [2.75, 3.05) is 0 Å². The number of nitrogens with zero attached hydrogens (tertiary/aromatic N) is 2. The maximum atomic E-state index is 11.3. The summed E-state index contributed by atoms with van der Waals surface area (Å²) in [6.45, 7) is 1.35. The van der Waals surface area contributed by atoms with Crippen LogP contribution in [0.25, 0.3) is 0 Å². The lowest BCUT2D eigenvalue weighted by Crippen LogP contribution is -2.07. The number of ether oxygens (including phenoxy) is 1. The minimum Gasteiger partial charge on any atom is -0.440 e. The van der Waals surface area contributed by atoms with Gasteiger partial charge in [-0.15, -0.1) is 0 Å². The summed E-state index contributed by atoms with van der Waals surface area (Å²) >= 11 is 5.78. The topological polar surface area (TPSA) is 85.2 Å². The summed E-state index contributed by atoms with van der Waals surface area (Å²) in [5.41, 5.74) is 0. The molecule has 0 spiro atoms. The first-order valence-corrected chi connectivity index (χ1v) is 7.03. The van der Waals surface area contributed by atoms with Gasteiger partial charge >= 0.3 is 11.9 Å². The van der Waals surface area contributed by atoms with Gasteiger partial charge in [-0.3, -0.25) is 0 Å². The van der Waals surface area contributed by atoms with Crippen molar-refractivity contribution in [1.29, 1.82) is 0 Å². The number of halogens is 3. The summed E-state index contributed by atoms with van der Waals surface area (Å²) in [6, 6.07) is 0. The zero-order valence-electron chi connectivity index (χ0n) is 8.28. The van der Waals surface area contributed by atoms with Crippen LogP contribution in [0.15, 0.2) is 18.6 Å². The highest BCUT2D eigenvalue weighted by atomic mass is 127. The molecule has 0 saturated heterocycles. The average Bonchev–Trinajstić information content (AvgIpc) is 2.54. The van der Waals surface area contributed by atoms with E-state index in [2.05, 4.69) is 13.8 Å². The monoisotopic (exact) mass is 578 g/mol. The van der Waals surface area contributed by atoms with Crippen molar-refractivity contribution in [1.82, 2.24) is 1.33 Å². The molecule has 0 aliphatic carbocycles. The van der Waals surface area contributed by atoms with E-state index in [0.717, 1.165) is 0 Å². The van der Waals surface area contributed by atoms with E-state index in [0.29, 0.717) is 3.84 Å². The molecule has 0 atom stereocenters. The highest BCUT2D eigenvalue weighted by molar-refractivity contribution is 14.2. The molecule has 0 fully saturated rings. The number of amides is 1. The molecular weight excluding hydrogens is 573 g/mol. The Labute approximate surface area is 137 Å². The number of amidine groups is 1. The van der Waals surface area contributed by atoms with Gasteiger partial charge in [-0.05, 0) is 6.92 Å². The molecule has 0 unspecified atom stereocenters. The fourth-order valence-corrected chi connectivity index (χ4v) is 1.19. The second kappa shape index (κ2) is 6.91. The van der Waals surface area contributed by atoms with Crippen LogP contribution in [0.2, 0.25) is 0 Å². The molecule has 7 nitrogen and oxygen atoms in total. The smallest absolute Gasteiger partial charge is 0.440 e. The van der Waals surface area contributed by atoms with Gasteiger partial charge in [0.05, 0.1) is 45.7 Å². The maximum absolute atomic E-state index is 11.3. The summed E-state index contributed by atoms with van der Waals surface area (Å²) in [6.07, 6.45) is -0.768. The first-order chi connectivity index (χ1) is 7.90. The van der Waals surface area contributed by atoms with Gasteiger partial charge in [0.1, 0.15) is 0 Å². The lowest BCUT2D eigenvalue weighted by atomic mass is 10.4. The zero-order chi connectivity index (χ0) is 13.0. The molecule has 0 bridgehead atoms. The molecule has 1 heterocycles. The van der Waals surface area contributed by atoms with Crippen molar-refractivity contribution < 1.29 is 18.4 Å². The molecule has 10 heteroatoms. The number of carbonyl (C=O) groups is 1. The lowest BCUT2D eigenvalue weighted by molar-refractivity contribution is 0.141. The zero-order valence-corrected chi connectivity index (χ0v) is 14.7. The molecule has 17 heavy (non-hydrogen) atoms. The van der Waals surface area contributed by atoms with Crippen LogP contribution in [0.5, 0.6) is 0 Å². The quantitative estimate of drug-likeness (QED) is 0.177. The van der Waals surface area contributed by atoms with Crippen LogP contribution < -0.4 is 5.82 Å². The van der Waals surface area contributed by atoms with Gasteiger partial charge in [-0.1, -0.05) is 0 Å². The molecule has 0 saturated carbocycles. The molecule has 0 aliphatic heterocycles. The number of hydrogen-bond acceptors (Lipinski definition) is 5. The van der Waals surface area contributed by atoms with Crippen LogP contribution in [-0.2, 0) is 11.3 Å². The molecule has 0 radical (unpaired) electrons. The molecule has 1 amide bonds. The van der Waals surface area contributed by atoms with Crippen molar-refractivity contribution in [3.8, 4) is 0 Å². The van der Waals surface area contributed by atoms with E-state index in [9.17, 15) is 9.59 Å². The largest absolute Gasteiger partial charge is 0.519 e. The third-order valence-corrected chi connectivity index (χ3v) is 4.97. The first-order valence-electron chi connectivity index (χ1n) is 4.02. The second-order valence-corrected chi connectivity index (χ2v) is 7.34. The Morgan fingerprint density at radius 3 is 2.59 bits per heavy atom. The highest BCUT2D eigenvalue weighted by Gasteiger charge is 2.12. The Morgan fingerprint density at radius 1 is 1.47 bits per heavy atom. The normalized spacial score (nSPS) is 11.4. The Morgan fingerprint density at radius 2 is 2.12 bits per heavy atom. The van der Waals surface area contributed by atoms with Crippen LogP contribution in [0.4, 0.5) is 4.79 Å². The van der Waals surface area contributed by atoms with Crippen LogP contribution in [-0.4, -0.2) is 11.3 Å². The molecule has 94 valence electrons. The van der Waals surface area contributed by atoms with Crippen LogP contribution in [0, 0.1) is 6.92 Å². The van der Waals surface area contributed by atoms with Gasteiger partial charge in [0.15, 0.2) is 22.0 Å². The maximum Gasteiger partial charge on any atom is 0.519 e. The van der Waals surface area contributed by atoms with E-state index >= 15 is 0 Å². The molecule has 1 rings (SSSR count). The van der Waals surface area contributed by atoms with Gasteiger partial charge in [0, 0.05) is 22.6 Å². The van der Waals surface area contributed by atoms with E-state index in [1.807, 2.05) is 68.3 Å². The Bertz CT molecular complexity index is 492. The van der Waals surface area contributed by atoms with E-state index in [-0.39, 0.29) is 18.1 Å². The third-order valence-electron chi connectivity index (χ3n) is 1.49. The molecule has 0 aliphatic rings. The molecule has 1 aromatic heterocycles. The predicted octanol–water partition coefficient (Wildman–Crippen LogP) is 2.97. The van der Waals surface area contributed by atoms with Gasteiger partial charge in [0.25, 0.3) is 0 Å². The fraction of sp³-hybridized carbons (Fsp3) is 0.286. The van der Waals surface area contributed by atoms with Gasteiger partial charge < -0.3 is 13.6 Å². The van der Waals surface area contributed by atoms with Gasteiger partial charge in [0.2, 0.25) is 0 Å². The third kappa shape index (κ3) is 5.11. The fourth-order valence-electron chi connectivity index (χ4n) is 0.779. The second-order valence-electron chi connectivity index (χ2n) is 2.60. The molecule has 0 N–H and O–H groups in total. The number of aryl methyl sites for hydroxylation is 1. The van der Waals surface area contributed by atoms with Gasteiger partial charge in [-0.25, -0.2) is 10.9 Å². The number of hydrogen-bond donors (Lipinski definition) is 0. The molecule has 1 aromatic rings. The molecule has 0 aromatic carbocycles. The number of aliphatic imine (C=N–C) groups is 1. The van der Waals surface area contributed by atoms with Crippen molar-refractivity contribution in [2.24, 2.45) is 4.99 Å². The summed E-state index contributed by atoms with van der Waals surface area (Å²) < 4.78 is 16.1. The lowest BCUT2D eigenvalue weighted by Gasteiger charge is -2.03. The number of rotatable bonds is 2. The average molecular weight is 578 g/mol. The summed E-state index contributed by atoms with van der Waals surface area (Å²) in [7, 11) is 0. The van der Waals surface area contributed by atoms with Crippen molar-refractivity contribution in [3.63, 3.8) is 0 Å². The highest BCUT2D eigenvalue weighted by Crippen LogP contribution is 2.14. The predicted molar refractivity (Wildman–Crippen MR) is 83.5 cm³/mol. The Hall–Kier alpha value is 0.140. The number of carbonyl (C=O) groups excluding carboxylic acids is 1. The summed E-state index contributed by atoms with van der Waals surface area (Å²) in [4.78, 5) is 25.6. The first kappa shape index (κ1) is 15.2. The van der Waals surface area contributed by atoms with E-state index in [1.54, 1.807) is 8.25 Å². The Balaban J connectivity index is 2.57. The minimum atomic E-state index is -0.822. The van der Waals surface area contributed by atoms with Crippen molar-refractivity contribution in [3.05, 3.63) is 22.1 Å². The Kier molecular flexibility index (Phi) is 6.18. The summed E-state index contributed by atoms with van der Waals surface area (Å²) in [5, 5.41) is 0. The summed E-state index contributed by atoms with van der Waals surface area (Å²) in [5.74, 6) is -0.363. The van der Waals surface area contributed by atoms with E-state index < -0.39 is 11.9 Å². The minimum absolute atomic E-state index is 0.175. The van der Waals surface area contributed by atoms with Crippen LogP contribution in [0.3, 0.4) is 0 Å². The van der Waals surface area contributed by atoms with Crippen LogP contribution in [0.1, 0.15) is 11.5 Å². The van der Waals surface area contributed by atoms with Gasteiger partial charge in [-0.2, -0.15) is 4.99 Å². The van der Waals surface area contributed by atoms with E-state index in [1.165, 1.54) is 0 Å².